The van der Waals surface area contributed by atoms with Crippen LogP contribution in [0.5, 0.6) is 0 Å². The highest BCUT2D eigenvalue weighted by atomic mass is 35.5. The van der Waals surface area contributed by atoms with Crippen LogP contribution in [0.15, 0.2) is 35.5 Å². The van der Waals surface area contributed by atoms with Gasteiger partial charge in [-0.25, -0.2) is 8.42 Å². The molecule has 11 heteroatoms. The van der Waals surface area contributed by atoms with Crippen molar-refractivity contribution < 1.29 is 13.2 Å². The molecule has 3 heterocycles. The Morgan fingerprint density at radius 3 is 2.37 bits per heavy atom. The summed E-state index contributed by atoms with van der Waals surface area (Å²) >= 11 is 6.12. The molecule has 2 aliphatic heterocycles. The van der Waals surface area contributed by atoms with E-state index in [2.05, 4.69) is 21.8 Å². The predicted molar refractivity (Wildman–Crippen MR) is 138 cm³/mol. The number of aromatic nitrogens is 2. The van der Waals surface area contributed by atoms with Crippen LogP contribution >= 0.6 is 11.6 Å². The lowest BCUT2D eigenvalue weighted by atomic mass is 10.2. The lowest BCUT2D eigenvalue weighted by Crippen LogP contribution is -2.50. The van der Waals surface area contributed by atoms with Gasteiger partial charge in [-0.15, -0.1) is 0 Å². The van der Waals surface area contributed by atoms with Crippen molar-refractivity contribution in [3.05, 3.63) is 41.0 Å². The van der Waals surface area contributed by atoms with Crippen LogP contribution in [0.3, 0.4) is 0 Å². The summed E-state index contributed by atoms with van der Waals surface area (Å²) in [6.45, 7) is 10.1. The highest BCUT2D eigenvalue weighted by Gasteiger charge is 2.36. The zero-order chi connectivity index (χ0) is 25.0. The Bertz CT molecular complexity index is 1120. The molecule has 35 heavy (non-hydrogen) atoms. The van der Waals surface area contributed by atoms with Crippen LogP contribution in [-0.4, -0.2) is 97.1 Å². The lowest BCUT2D eigenvalue weighted by molar-refractivity contribution is 0.0631. The van der Waals surface area contributed by atoms with Crippen molar-refractivity contribution in [2.24, 2.45) is 0 Å². The fourth-order valence-corrected chi connectivity index (χ4v) is 6.31. The largest absolute Gasteiger partial charge is 0.369 e. The molecule has 1 aromatic heterocycles. The van der Waals surface area contributed by atoms with Gasteiger partial charge in [-0.2, -0.15) is 9.40 Å². The van der Waals surface area contributed by atoms with Crippen LogP contribution in [0.1, 0.15) is 37.0 Å². The molecule has 4 rings (SSSR count). The zero-order valence-electron chi connectivity index (χ0n) is 20.6. The molecule has 0 radical (unpaired) electrons. The number of unbranched alkanes of at least 4 members (excludes halogenated alkanes) is 1. The number of piperazine rings is 2. The van der Waals surface area contributed by atoms with Gasteiger partial charge in [-0.3, -0.25) is 14.4 Å². The molecule has 2 aliphatic rings. The standard InChI is InChI=1S/C24H35ClN6O3S/c1-3-5-9-27-10-12-29(13-11-27)24(32)22-19-30(4-2)26-23(22)35(33,34)31-16-14-28(15-17-31)21-8-6-7-20(25)18-21/h6-8,18-19H,3-5,9-17H2,1-2H3. The van der Waals surface area contributed by atoms with E-state index in [9.17, 15) is 13.2 Å². The van der Waals surface area contributed by atoms with Gasteiger partial charge in [0.05, 0.1) is 5.56 Å². The Labute approximate surface area is 213 Å². The molecule has 9 nitrogen and oxygen atoms in total. The molecule has 2 aromatic rings. The first-order valence-electron chi connectivity index (χ1n) is 12.4. The normalized spacial score (nSPS) is 18.3. The van der Waals surface area contributed by atoms with Gasteiger partial charge >= 0.3 is 0 Å². The van der Waals surface area contributed by atoms with Gasteiger partial charge in [0.15, 0.2) is 0 Å². The van der Waals surface area contributed by atoms with Crippen molar-refractivity contribution in [2.75, 3.05) is 63.8 Å². The molecule has 0 aliphatic carbocycles. The second-order valence-corrected chi connectivity index (χ2v) is 11.4. The summed E-state index contributed by atoms with van der Waals surface area (Å²) in [4.78, 5) is 19.7. The number of nitrogens with zero attached hydrogens (tertiary/aromatic N) is 6. The Balaban J connectivity index is 1.48. The molecular weight excluding hydrogens is 488 g/mol. The van der Waals surface area contributed by atoms with E-state index in [1.165, 1.54) is 4.31 Å². The molecule has 0 bridgehead atoms. The molecule has 192 valence electrons. The van der Waals surface area contributed by atoms with Gasteiger partial charge < -0.3 is 9.80 Å². The van der Waals surface area contributed by atoms with Crippen LogP contribution in [0.25, 0.3) is 0 Å². The number of anilines is 1. The minimum atomic E-state index is -3.91. The number of hydrogen-bond acceptors (Lipinski definition) is 6. The number of benzene rings is 1. The van der Waals surface area contributed by atoms with Crippen molar-refractivity contribution in [2.45, 2.75) is 38.3 Å². The predicted octanol–water partition coefficient (Wildman–Crippen LogP) is 2.63. The van der Waals surface area contributed by atoms with Crippen LogP contribution in [0, 0.1) is 0 Å². The lowest BCUT2D eigenvalue weighted by Gasteiger charge is -2.36. The highest BCUT2D eigenvalue weighted by molar-refractivity contribution is 7.89. The Morgan fingerprint density at radius 1 is 1.03 bits per heavy atom. The van der Waals surface area contributed by atoms with Crippen LogP contribution in [0.2, 0.25) is 5.02 Å². The van der Waals surface area contributed by atoms with Crippen molar-refractivity contribution in [1.82, 2.24) is 23.9 Å². The van der Waals surface area contributed by atoms with Crippen molar-refractivity contribution >= 4 is 33.2 Å². The summed E-state index contributed by atoms with van der Waals surface area (Å²) in [5.41, 5.74) is 1.14. The van der Waals surface area contributed by atoms with E-state index < -0.39 is 10.0 Å². The average molecular weight is 523 g/mol. The topological polar surface area (TPSA) is 82.0 Å². The number of halogens is 1. The number of aryl methyl sites for hydroxylation is 1. The van der Waals surface area contributed by atoms with Gasteiger partial charge in [-0.1, -0.05) is 31.0 Å². The Morgan fingerprint density at radius 2 is 1.74 bits per heavy atom. The molecule has 0 unspecified atom stereocenters. The smallest absolute Gasteiger partial charge is 0.263 e. The molecule has 2 saturated heterocycles. The number of carbonyl (C=O) groups excluding carboxylic acids is 1. The highest BCUT2D eigenvalue weighted by Crippen LogP contribution is 2.25. The molecular formula is C24H35ClN6O3S. The Hall–Kier alpha value is -2.14. The van der Waals surface area contributed by atoms with E-state index in [0.717, 1.165) is 38.2 Å². The van der Waals surface area contributed by atoms with Crippen molar-refractivity contribution in [3.63, 3.8) is 0 Å². The van der Waals surface area contributed by atoms with Gasteiger partial charge in [0.25, 0.3) is 15.9 Å². The summed E-state index contributed by atoms with van der Waals surface area (Å²) in [5.74, 6) is -0.254. The third-order valence-corrected chi connectivity index (χ3v) is 8.84. The minimum absolute atomic E-state index is 0.131. The number of rotatable bonds is 8. The van der Waals surface area contributed by atoms with Crippen molar-refractivity contribution in [1.29, 1.82) is 0 Å². The molecule has 0 saturated carbocycles. The van der Waals surface area contributed by atoms with Gasteiger partial charge in [-0.05, 0) is 38.1 Å². The third kappa shape index (κ3) is 5.82. The number of carbonyl (C=O) groups is 1. The number of amides is 1. The average Bonchev–Trinajstić information content (AvgIpc) is 3.33. The quantitative estimate of drug-likeness (QED) is 0.530. The fourth-order valence-electron chi connectivity index (χ4n) is 4.61. The van der Waals surface area contributed by atoms with Gasteiger partial charge in [0.1, 0.15) is 0 Å². The number of hydrogen-bond donors (Lipinski definition) is 0. The van der Waals surface area contributed by atoms with E-state index >= 15 is 0 Å². The third-order valence-electron chi connectivity index (χ3n) is 6.77. The summed E-state index contributed by atoms with van der Waals surface area (Å²) < 4.78 is 30.2. The maximum atomic E-state index is 13.6. The summed E-state index contributed by atoms with van der Waals surface area (Å²) in [6.07, 6.45) is 3.87. The minimum Gasteiger partial charge on any atom is -0.369 e. The summed E-state index contributed by atoms with van der Waals surface area (Å²) in [7, 11) is -3.91. The van der Waals surface area contributed by atoms with Gasteiger partial charge in [0, 0.05) is 75.8 Å². The van der Waals surface area contributed by atoms with Crippen LogP contribution < -0.4 is 4.90 Å². The molecule has 1 aromatic carbocycles. The van der Waals surface area contributed by atoms with E-state index in [1.54, 1.807) is 15.8 Å². The second kappa shape index (κ2) is 11.3. The first-order valence-corrected chi connectivity index (χ1v) is 14.2. The zero-order valence-corrected chi connectivity index (χ0v) is 22.1. The number of sulfonamides is 1. The van der Waals surface area contributed by atoms with E-state index in [1.807, 2.05) is 31.2 Å². The monoisotopic (exact) mass is 522 g/mol. The maximum absolute atomic E-state index is 13.6. The first kappa shape index (κ1) is 25.9. The van der Waals surface area contributed by atoms with E-state index in [-0.39, 0.29) is 16.5 Å². The van der Waals surface area contributed by atoms with Crippen LogP contribution in [0.4, 0.5) is 5.69 Å². The summed E-state index contributed by atoms with van der Waals surface area (Å²) in [5, 5.41) is 4.85. The fraction of sp³-hybridized carbons (Fsp3) is 0.583. The Kier molecular flexibility index (Phi) is 8.36. The SMILES string of the molecule is CCCCN1CCN(C(=O)c2cn(CC)nc2S(=O)(=O)N2CCN(c3cccc(Cl)c3)CC2)CC1. The second-order valence-electron chi connectivity index (χ2n) is 9.06. The molecule has 0 N–H and O–H groups in total. The first-order chi connectivity index (χ1) is 16.8. The van der Waals surface area contributed by atoms with Crippen molar-refractivity contribution in [3.8, 4) is 0 Å². The van der Waals surface area contributed by atoms with E-state index in [4.69, 9.17) is 11.6 Å². The summed E-state index contributed by atoms with van der Waals surface area (Å²) in [6, 6.07) is 7.56. The molecule has 2 fully saturated rings. The van der Waals surface area contributed by atoms with Crippen LogP contribution in [-0.2, 0) is 16.6 Å². The molecule has 0 atom stereocenters. The molecule has 1 amide bonds. The molecule has 0 spiro atoms. The van der Waals surface area contributed by atoms with E-state index in [0.29, 0.717) is 50.8 Å². The maximum Gasteiger partial charge on any atom is 0.263 e. The van der Waals surface area contributed by atoms with Gasteiger partial charge in [0.2, 0.25) is 5.03 Å².